The van der Waals surface area contributed by atoms with Crippen molar-refractivity contribution in [1.82, 2.24) is 4.98 Å². The molecule has 0 fully saturated rings. The number of para-hydroxylation sites is 1. The summed E-state index contributed by atoms with van der Waals surface area (Å²) in [6, 6.07) is 12.0. The number of nitrogens with zero attached hydrogens (tertiary/aromatic N) is 2. The van der Waals surface area contributed by atoms with Gasteiger partial charge in [-0.15, -0.1) is 11.3 Å². The van der Waals surface area contributed by atoms with E-state index in [1.54, 1.807) is 6.08 Å². The maximum atomic E-state index is 12.8. The van der Waals surface area contributed by atoms with E-state index in [0.29, 0.717) is 10.6 Å². The first-order valence-corrected chi connectivity index (χ1v) is 9.99. The van der Waals surface area contributed by atoms with Gasteiger partial charge in [0.2, 0.25) is 0 Å². The van der Waals surface area contributed by atoms with Crippen LogP contribution in [0.1, 0.15) is 40.1 Å². The quantitative estimate of drug-likeness (QED) is 0.498. The first-order valence-electron chi connectivity index (χ1n) is 9.17. The van der Waals surface area contributed by atoms with Crippen LogP contribution < -0.4 is 5.32 Å². The van der Waals surface area contributed by atoms with Crippen LogP contribution in [0.4, 0.5) is 5.00 Å². The number of hydrogen-bond acceptors (Lipinski definition) is 4. The van der Waals surface area contributed by atoms with Gasteiger partial charge >= 0.3 is 0 Å². The number of H-pyrrole nitrogens is 1. The Balaban J connectivity index is 1.68. The Bertz CT molecular complexity index is 1200. The molecule has 0 saturated heterocycles. The fourth-order valence-electron chi connectivity index (χ4n) is 3.72. The number of nitrogens with one attached hydrogen (secondary N) is 2. The lowest BCUT2D eigenvalue weighted by Crippen LogP contribution is -2.13. The summed E-state index contributed by atoms with van der Waals surface area (Å²) in [5, 5.41) is 23.5. The minimum Gasteiger partial charge on any atom is -0.358 e. The van der Waals surface area contributed by atoms with Gasteiger partial charge in [0.1, 0.15) is 22.7 Å². The van der Waals surface area contributed by atoms with Gasteiger partial charge in [-0.2, -0.15) is 10.5 Å². The van der Waals surface area contributed by atoms with Gasteiger partial charge in [0.25, 0.3) is 5.91 Å². The second kappa shape index (κ2) is 7.34. The van der Waals surface area contributed by atoms with Gasteiger partial charge < -0.3 is 10.3 Å². The van der Waals surface area contributed by atoms with Gasteiger partial charge in [0.05, 0.1) is 5.56 Å². The molecule has 5 nitrogen and oxygen atoms in total. The summed E-state index contributed by atoms with van der Waals surface area (Å²) in [5.41, 5.74) is 4.31. The van der Waals surface area contributed by atoms with E-state index >= 15 is 0 Å². The Morgan fingerprint density at radius 3 is 2.82 bits per heavy atom. The monoisotopic (exact) mass is 386 g/mol. The van der Waals surface area contributed by atoms with Crippen molar-refractivity contribution in [2.45, 2.75) is 32.6 Å². The molecule has 28 heavy (non-hydrogen) atoms. The van der Waals surface area contributed by atoms with Crippen molar-refractivity contribution in [2.24, 2.45) is 0 Å². The lowest BCUT2D eigenvalue weighted by Gasteiger charge is -2.09. The molecule has 1 aromatic carbocycles. The average Bonchev–Trinajstić information content (AvgIpc) is 3.21. The largest absolute Gasteiger partial charge is 0.358 e. The third-order valence-corrected chi connectivity index (χ3v) is 6.31. The van der Waals surface area contributed by atoms with E-state index < -0.39 is 5.91 Å². The molecule has 0 spiro atoms. The minimum absolute atomic E-state index is 0.0168. The van der Waals surface area contributed by atoms with E-state index in [9.17, 15) is 15.3 Å². The Hall–Kier alpha value is -3.35. The summed E-state index contributed by atoms with van der Waals surface area (Å²) >= 11 is 1.46. The fourth-order valence-corrected chi connectivity index (χ4v) is 4.95. The molecule has 138 valence electrons. The van der Waals surface area contributed by atoms with E-state index in [4.69, 9.17) is 0 Å². The number of carbonyl (C=O) groups is 1. The van der Waals surface area contributed by atoms with Crippen LogP contribution in [-0.2, 0) is 17.6 Å². The number of anilines is 1. The maximum absolute atomic E-state index is 12.8. The van der Waals surface area contributed by atoms with E-state index in [1.807, 2.05) is 37.3 Å². The SMILES string of the molecule is Cc1[nH]c2ccccc2c1/C=C(/C#N)C(=O)Nc1sc2c(c1C#N)CCCC2. The highest BCUT2D eigenvalue weighted by molar-refractivity contribution is 7.16. The van der Waals surface area contributed by atoms with Gasteiger partial charge in [-0.3, -0.25) is 4.79 Å². The molecular formula is C22H18N4OS. The molecule has 0 radical (unpaired) electrons. The number of thiophene rings is 1. The van der Waals surface area contributed by atoms with E-state index in [2.05, 4.69) is 16.4 Å². The summed E-state index contributed by atoms with van der Waals surface area (Å²) in [6.07, 6.45) is 5.60. The van der Waals surface area contributed by atoms with Crippen LogP contribution in [0.2, 0.25) is 0 Å². The van der Waals surface area contributed by atoms with Gasteiger partial charge in [-0.1, -0.05) is 18.2 Å². The van der Waals surface area contributed by atoms with E-state index in [-0.39, 0.29) is 5.57 Å². The molecule has 2 N–H and O–H groups in total. The number of fused-ring (bicyclic) bond motifs is 2. The van der Waals surface area contributed by atoms with E-state index in [1.165, 1.54) is 16.2 Å². The van der Waals surface area contributed by atoms with Crippen LogP contribution in [0.25, 0.3) is 17.0 Å². The molecule has 3 aromatic rings. The zero-order valence-corrected chi connectivity index (χ0v) is 16.2. The Morgan fingerprint density at radius 2 is 2.04 bits per heavy atom. The number of aromatic nitrogens is 1. The van der Waals surface area contributed by atoms with E-state index in [0.717, 1.165) is 53.4 Å². The van der Waals surface area contributed by atoms with Crippen LogP contribution in [0.5, 0.6) is 0 Å². The predicted molar refractivity (Wildman–Crippen MR) is 111 cm³/mol. The molecule has 1 aliphatic carbocycles. The molecule has 6 heteroatoms. The highest BCUT2D eigenvalue weighted by atomic mass is 32.1. The van der Waals surface area contributed by atoms with Gasteiger partial charge in [0, 0.05) is 27.0 Å². The molecule has 0 unspecified atom stereocenters. The standard InChI is InChI=1S/C22H18N4OS/c1-13-17(15-6-2-4-8-19(15)25-13)10-14(11-23)21(27)26-22-18(12-24)16-7-3-5-9-20(16)28-22/h2,4,6,8,10,25H,3,5,7,9H2,1H3,(H,26,27)/b14-10-. The second-order valence-corrected chi connectivity index (χ2v) is 7.97. The number of carbonyl (C=O) groups excluding carboxylic acids is 1. The van der Waals surface area contributed by atoms with Crippen molar-refractivity contribution < 1.29 is 4.79 Å². The molecule has 2 aromatic heterocycles. The highest BCUT2D eigenvalue weighted by Gasteiger charge is 2.23. The van der Waals surface area contributed by atoms with Gasteiger partial charge in [-0.05, 0) is 50.3 Å². The topological polar surface area (TPSA) is 92.5 Å². The Labute approximate surface area is 166 Å². The van der Waals surface area contributed by atoms with Gasteiger partial charge in [0.15, 0.2) is 0 Å². The van der Waals surface area contributed by atoms with Crippen molar-refractivity contribution in [3.8, 4) is 12.1 Å². The first-order chi connectivity index (χ1) is 13.6. The summed E-state index contributed by atoms with van der Waals surface area (Å²) in [6.45, 7) is 1.92. The van der Waals surface area contributed by atoms with Gasteiger partial charge in [-0.25, -0.2) is 0 Å². The molecule has 4 rings (SSSR count). The lowest BCUT2D eigenvalue weighted by atomic mass is 9.96. The average molecular weight is 386 g/mol. The number of aromatic amines is 1. The smallest absolute Gasteiger partial charge is 0.266 e. The number of hydrogen-bond donors (Lipinski definition) is 2. The van der Waals surface area contributed by atoms with Crippen LogP contribution in [-0.4, -0.2) is 10.9 Å². The molecule has 0 atom stereocenters. The summed E-state index contributed by atoms with van der Waals surface area (Å²) in [4.78, 5) is 17.2. The molecular weight excluding hydrogens is 368 g/mol. The molecule has 1 aliphatic rings. The Kier molecular flexibility index (Phi) is 4.73. The minimum atomic E-state index is -0.484. The number of benzene rings is 1. The van der Waals surface area contributed by atoms with Crippen LogP contribution >= 0.6 is 11.3 Å². The summed E-state index contributed by atoms with van der Waals surface area (Å²) < 4.78 is 0. The van der Waals surface area contributed by atoms with Crippen LogP contribution in [0.3, 0.4) is 0 Å². The van der Waals surface area contributed by atoms with Crippen LogP contribution in [0.15, 0.2) is 29.8 Å². The summed E-state index contributed by atoms with van der Waals surface area (Å²) in [7, 11) is 0. The molecule has 2 heterocycles. The number of amides is 1. The maximum Gasteiger partial charge on any atom is 0.266 e. The van der Waals surface area contributed by atoms with Crippen molar-refractivity contribution in [2.75, 3.05) is 5.32 Å². The van der Waals surface area contributed by atoms with Crippen LogP contribution in [0, 0.1) is 29.6 Å². The third-order valence-electron chi connectivity index (χ3n) is 5.11. The normalized spacial score (nSPS) is 13.6. The lowest BCUT2D eigenvalue weighted by molar-refractivity contribution is -0.112. The highest BCUT2D eigenvalue weighted by Crippen LogP contribution is 2.37. The third kappa shape index (κ3) is 3.09. The fraction of sp³-hybridized carbons (Fsp3) is 0.227. The Morgan fingerprint density at radius 1 is 1.25 bits per heavy atom. The second-order valence-electron chi connectivity index (χ2n) is 6.86. The van der Waals surface area contributed by atoms with Crippen molar-refractivity contribution in [3.63, 3.8) is 0 Å². The van der Waals surface area contributed by atoms with Crippen molar-refractivity contribution in [3.05, 3.63) is 57.1 Å². The molecule has 0 aliphatic heterocycles. The zero-order chi connectivity index (χ0) is 19.7. The molecule has 1 amide bonds. The van der Waals surface area contributed by atoms with Crippen molar-refractivity contribution in [1.29, 1.82) is 10.5 Å². The predicted octanol–water partition coefficient (Wildman–Crippen LogP) is 4.83. The first kappa shape index (κ1) is 18.0. The number of nitriles is 2. The summed E-state index contributed by atoms with van der Waals surface area (Å²) in [5.74, 6) is -0.484. The number of aryl methyl sites for hydroxylation is 2. The molecule has 0 saturated carbocycles. The zero-order valence-electron chi connectivity index (χ0n) is 15.4. The molecule has 0 bridgehead atoms. The number of rotatable bonds is 3. The van der Waals surface area contributed by atoms with Crippen molar-refractivity contribution >= 4 is 39.2 Å².